The van der Waals surface area contributed by atoms with Crippen molar-refractivity contribution in [1.29, 1.82) is 0 Å². The van der Waals surface area contributed by atoms with Crippen LogP contribution >= 0.6 is 0 Å². The van der Waals surface area contributed by atoms with Crippen LogP contribution in [-0.4, -0.2) is 37.5 Å². The molecule has 0 aromatic carbocycles. The van der Waals surface area contributed by atoms with Gasteiger partial charge in [-0.15, -0.1) is 0 Å². The second-order valence-electron chi connectivity index (χ2n) is 4.11. The Hall–Kier alpha value is -0.570. The molecule has 15 heavy (non-hydrogen) atoms. The van der Waals surface area contributed by atoms with Crippen molar-refractivity contribution in [2.24, 2.45) is 0 Å². The number of unbranched alkanes of at least 4 members (excludes halogenated alkanes) is 1. The maximum atomic E-state index is 11.1. The number of nitrogens with one attached hydrogen (secondary N) is 1. The van der Waals surface area contributed by atoms with Crippen molar-refractivity contribution >= 4 is 5.91 Å². The Balaban J connectivity index is 3.81. The molecule has 0 bridgehead atoms. The van der Waals surface area contributed by atoms with Gasteiger partial charge in [0, 0.05) is 26.1 Å². The maximum absolute atomic E-state index is 11.1. The van der Waals surface area contributed by atoms with Crippen LogP contribution in [0.3, 0.4) is 0 Å². The van der Waals surface area contributed by atoms with Gasteiger partial charge in [-0.1, -0.05) is 26.7 Å². The van der Waals surface area contributed by atoms with Gasteiger partial charge in [-0.25, -0.2) is 0 Å². The molecule has 0 spiro atoms. The molecule has 1 N–H and O–H groups in total. The van der Waals surface area contributed by atoms with Crippen LogP contribution in [0.15, 0.2) is 0 Å². The van der Waals surface area contributed by atoms with Crippen molar-refractivity contribution < 1.29 is 4.79 Å². The van der Waals surface area contributed by atoms with E-state index in [-0.39, 0.29) is 5.91 Å². The van der Waals surface area contributed by atoms with Gasteiger partial charge >= 0.3 is 0 Å². The van der Waals surface area contributed by atoms with E-state index in [0.29, 0.717) is 12.5 Å². The van der Waals surface area contributed by atoms with E-state index < -0.39 is 0 Å². The van der Waals surface area contributed by atoms with Gasteiger partial charge in [-0.3, -0.25) is 4.79 Å². The van der Waals surface area contributed by atoms with Crippen LogP contribution in [0.25, 0.3) is 0 Å². The summed E-state index contributed by atoms with van der Waals surface area (Å²) in [5, 5.41) is 2.65. The smallest absolute Gasteiger partial charge is 0.221 e. The van der Waals surface area contributed by atoms with E-state index in [1.54, 1.807) is 7.05 Å². The summed E-state index contributed by atoms with van der Waals surface area (Å²) in [6.07, 6.45) is 5.56. The maximum Gasteiger partial charge on any atom is 0.221 e. The molecule has 1 atom stereocenters. The van der Waals surface area contributed by atoms with Crippen molar-refractivity contribution in [1.82, 2.24) is 10.2 Å². The first-order valence-corrected chi connectivity index (χ1v) is 6.06. The molecule has 0 saturated carbocycles. The highest BCUT2D eigenvalue weighted by molar-refractivity contribution is 5.75. The van der Waals surface area contributed by atoms with Crippen LogP contribution in [0.5, 0.6) is 0 Å². The molecule has 0 aliphatic heterocycles. The zero-order valence-corrected chi connectivity index (χ0v) is 10.7. The third-order valence-electron chi connectivity index (χ3n) is 2.96. The van der Waals surface area contributed by atoms with Crippen molar-refractivity contribution in [2.45, 2.75) is 52.0 Å². The number of hydrogen-bond acceptors (Lipinski definition) is 2. The Bertz CT molecular complexity index is 171. The van der Waals surface area contributed by atoms with Crippen LogP contribution in [0.4, 0.5) is 0 Å². The van der Waals surface area contributed by atoms with Gasteiger partial charge in [0.05, 0.1) is 0 Å². The second kappa shape index (κ2) is 8.72. The zero-order chi connectivity index (χ0) is 11.7. The molecule has 0 fully saturated rings. The van der Waals surface area contributed by atoms with E-state index in [4.69, 9.17) is 0 Å². The fourth-order valence-corrected chi connectivity index (χ4v) is 1.76. The lowest BCUT2D eigenvalue weighted by molar-refractivity contribution is -0.121. The highest BCUT2D eigenvalue weighted by Gasteiger charge is 2.12. The standard InChI is InChI=1S/C12H26N2O/c1-5-7-8-11(6-2)14(4)10-9-12(15)13-3/h11H,5-10H2,1-4H3,(H,13,15). The van der Waals surface area contributed by atoms with Crippen molar-refractivity contribution in [2.75, 3.05) is 20.6 Å². The summed E-state index contributed by atoms with van der Waals surface area (Å²) >= 11 is 0. The highest BCUT2D eigenvalue weighted by atomic mass is 16.1. The van der Waals surface area contributed by atoms with Crippen LogP contribution in [-0.2, 0) is 4.79 Å². The average molecular weight is 214 g/mol. The van der Waals surface area contributed by atoms with Gasteiger partial charge in [-0.05, 0) is 19.9 Å². The molecule has 3 heteroatoms. The molecule has 1 amide bonds. The first-order chi connectivity index (χ1) is 7.15. The molecule has 0 radical (unpaired) electrons. The number of carbonyl (C=O) groups excluding carboxylic acids is 1. The van der Waals surface area contributed by atoms with Crippen LogP contribution in [0.1, 0.15) is 46.0 Å². The van der Waals surface area contributed by atoms with Crippen LogP contribution in [0.2, 0.25) is 0 Å². The van der Waals surface area contributed by atoms with Crippen molar-refractivity contribution in [3.63, 3.8) is 0 Å². The van der Waals surface area contributed by atoms with Crippen molar-refractivity contribution in [3.8, 4) is 0 Å². The monoisotopic (exact) mass is 214 g/mol. The number of hydrogen-bond donors (Lipinski definition) is 1. The van der Waals surface area contributed by atoms with E-state index >= 15 is 0 Å². The lowest BCUT2D eigenvalue weighted by Crippen LogP contribution is -2.34. The molecule has 0 aromatic rings. The van der Waals surface area contributed by atoms with Crippen LogP contribution < -0.4 is 5.32 Å². The number of carbonyl (C=O) groups is 1. The predicted octanol–water partition coefficient (Wildman–Crippen LogP) is 2.02. The summed E-state index contributed by atoms with van der Waals surface area (Å²) in [6.45, 7) is 5.30. The summed E-state index contributed by atoms with van der Waals surface area (Å²) in [5.41, 5.74) is 0. The number of nitrogens with zero attached hydrogens (tertiary/aromatic N) is 1. The fourth-order valence-electron chi connectivity index (χ4n) is 1.76. The first-order valence-electron chi connectivity index (χ1n) is 6.06. The summed E-state index contributed by atoms with van der Waals surface area (Å²) in [6, 6.07) is 0.634. The van der Waals surface area contributed by atoms with E-state index in [1.165, 1.54) is 25.7 Å². The second-order valence-corrected chi connectivity index (χ2v) is 4.11. The van der Waals surface area contributed by atoms with E-state index in [9.17, 15) is 4.79 Å². The van der Waals surface area contributed by atoms with Gasteiger partial charge in [-0.2, -0.15) is 0 Å². The molecule has 0 aromatic heterocycles. The molecule has 0 aliphatic carbocycles. The molecule has 0 rings (SSSR count). The van der Waals surface area contributed by atoms with Gasteiger partial charge in [0.15, 0.2) is 0 Å². The Morgan fingerprint density at radius 1 is 1.40 bits per heavy atom. The number of amides is 1. The van der Waals surface area contributed by atoms with E-state index in [2.05, 4.69) is 31.1 Å². The molecule has 90 valence electrons. The van der Waals surface area contributed by atoms with Gasteiger partial charge in [0.2, 0.25) is 5.91 Å². The minimum Gasteiger partial charge on any atom is -0.359 e. The van der Waals surface area contributed by atoms with Gasteiger partial charge in [0.1, 0.15) is 0 Å². The lowest BCUT2D eigenvalue weighted by atomic mass is 10.1. The normalized spacial score (nSPS) is 12.9. The average Bonchev–Trinajstić information content (AvgIpc) is 2.26. The quantitative estimate of drug-likeness (QED) is 0.670. The topological polar surface area (TPSA) is 32.3 Å². The SMILES string of the molecule is CCCCC(CC)N(C)CCC(=O)NC. The molecule has 0 aliphatic rings. The minimum atomic E-state index is 0.132. The zero-order valence-electron chi connectivity index (χ0n) is 10.7. The minimum absolute atomic E-state index is 0.132. The molecule has 0 saturated heterocycles. The number of rotatable bonds is 8. The fraction of sp³-hybridized carbons (Fsp3) is 0.917. The molecular weight excluding hydrogens is 188 g/mol. The third kappa shape index (κ3) is 6.50. The summed E-state index contributed by atoms with van der Waals surface area (Å²) in [7, 11) is 3.81. The highest BCUT2D eigenvalue weighted by Crippen LogP contribution is 2.10. The Labute approximate surface area is 94.2 Å². The summed E-state index contributed by atoms with van der Waals surface area (Å²) in [4.78, 5) is 13.4. The molecule has 0 heterocycles. The van der Waals surface area contributed by atoms with Gasteiger partial charge < -0.3 is 10.2 Å². The van der Waals surface area contributed by atoms with Crippen LogP contribution in [0, 0.1) is 0 Å². The van der Waals surface area contributed by atoms with E-state index in [0.717, 1.165) is 6.54 Å². The molecular formula is C12H26N2O. The first kappa shape index (κ1) is 14.4. The van der Waals surface area contributed by atoms with Gasteiger partial charge in [0.25, 0.3) is 0 Å². The molecule has 3 nitrogen and oxygen atoms in total. The lowest BCUT2D eigenvalue weighted by Gasteiger charge is -2.26. The largest absolute Gasteiger partial charge is 0.359 e. The molecule has 1 unspecified atom stereocenters. The van der Waals surface area contributed by atoms with Crippen molar-refractivity contribution in [3.05, 3.63) is 0 Å². The Morgan fingerprint density at radius 2 is 2.07 bits per heavy atom. The Kier molecular flexibility index (Phi) is 8.38. The predicted molar refractivity (Wildman–Crippen MR) is 64.9 cm³/mol. The van der Waals surface area contributed by atoms with E-state index in [1.807, 2.05) is 0 Å². The Morgan fingerprint density at radius 3 is 2.53 bits per heavy atom. The summed E-state index contributed by atoms with van der Waals surface area (Å²) in [5.74, 6) is 0.132. The third-order valence-corrected chi connectivity index (χ3v) is 2.96. The summed E-state index contributed by atoms with van der Waals surface area (Å²) < 4.78 is 0.